The van der Waals surface area contributed by atoms with Gasteiger partial charge >= 0.3 is 0 Å². The summed E-state index contributed by atoms with van der Waals surface area (Å²) in [6, 6.07) is 6.16. The Hall–Kier alpha value is -1.79. The van der Waals surface area contributed by atoms with Crippen molar-refractivity contribution in [3.05, 3.63) is 29.3 Å². The van der Waals surface area contributed by atoms with Crippen LogP contribution in [0.15, 0.2) is 23.4 Å². The van der Waals surface area contributed by atoms with Crippen molar-refractivity contribution in [2.24, 2.45) is 10.9 Å². The molecule has 0 spiro atoms. The Balaban J connectivity index is 1.90. The third kappa shape index (κ3) is 3.86. The number of amidine groups is 1. The summed E-state index contributed by atoms with van der Waals surface area (Å²) in [6.07, 6.45) is 2.53. The van der Waals surface area contributed by atoms with Gasteiger partial charge in [-0.2, -0.15) is 0 Å². The number of rotatable bonds is 7. The highest BCUT2D eigenvalue weighted by molar-refractivity contribution is 5.99. The van der Waals surface area contributed by atoms with Gasteiger partial charge in [0.1, 0.15) is 5.75 Å². The zero-order valence-electron chi connectivity index (χ0n) is 12.5. The Morgan fingerprint density at radius 2 is 2.24 bits per heavy atom. The van der Waals surface area contributed by atoms with Crippen molar-refractivity contribution in [2.45, 2.75) is 38.5 Å². The summed E-state index contributed by atoms with van der Waals surface area (Å²) in [5.74, 6) is 0.648. The lowest BCUT2D eigenvalue weighted by molar-refractivity contribution is -0.0102. The molecule has 1 fully saturated rings. The van der Waals surface area contributed by atoms with Gasteiger partial charge in [0, 0.05) is 19.2 Å². The molecule has 0 unspecified atom stereocenters. The van der Waals surface area contributed by atoms with Crippen molar-refractivity contribution < 1.29 is 14.7 Å². The molecule has 0 heterocycles. The van der Waals surface area contributed by atoms with E-state index in [0.717, 1.165) is 31.6 Å². The van der Waals surface area contributed by atoms with E-state index in [0.29, 0.717) is 23.5 Å². The van der Waals surface area contributed by atoms with E-state index in [-0.39, 0.29) is 5.84 Å². The van der Waals surface area contributed by atoms with Gasteiger partial charge in [0.05, 0.1) is 18.8 Å². The van der Waals surface area contributed by atoms with Gasteiger partial charge in [0.25, 0.3) is 0 Å². The predicted molar refractivity (Wildman–Crippen MR) is 80.8 cm³/mol. The highest BCUT2D eigenvalue weighted by Crippen LogP contribution is 2.24. The molecule has 0 bridgehead atoms. The first-order chi connectivity index (χ1) is 10.2. The average Bonchev–Trinajstić information content (AvgIpc) is 2.48. The third-order valence-corrected chi connectivity index (χ3v) is 3.74. The number of hydrogen-bond donors (Lipinski definition) is 3. The molecule has 0 atom stereocenters. The van der Waals surface area contributed by atoms with Crippen molar-refractivity contribution in [2.75, 3.05) is 13.7 Å². The van der Waals surface area contributed by atoms with Gasteiger partial charge in [-0.25, -0.2) is 0 Å². The zero-order valence-corrected chi connectivity index (χ0v) is 12.5. The summed E-state index contributed by atoms with van der Waals surface area (Å²) >= 11 is 0. The molecule has 4 N–H and O–H groups in total. The van der Waals surface area contributed by atoms with Crippen molar-refractivity contribution in [1.82, 2.24) is 5.32 Å². The van der Waals surface area contributed by atoms with Gasteiger partial charge in [0.15, 0.2) is 5.84 Å². The maximum atomic E-state index is 8.74. The monoisotopic (exact) mass is 293 g/mol. The van der Waals surface area contributed by atoms with Gasteiger partial charge in [-0.15, -0.1) is 0 Å². The molecule has 0 amide bonds. The lowest BCUT2D eigenvalue weighted by Gasteiger charge is -2.35. The number of oxime groups is 1. The topological polar surface area (TPSA) is 89.1 Å². The molecule has 1 saturated carbocycles. The Bertz CT molecular complexity index is 499. The van der Waals surface area contributed by atoms with Gasteiger partial charge in [0.2, 0.25) is 0 Å². The molecular weight excluding hydrogens is 270 g/mol. The van der Waals surface area contributed by atoms with Crippen LogP contribution in [0, 0.1) is 0 Å². The van der Waals surface area contributed by atoms with E-state index in [9.17, 15) is 0 Å². The van der Waals surface area contributed by atoms with Crippen LogP contribution in [0.25, 0.3) is 0 Å². The minimum absolute atomic E-state index is 0.0462. The first-order valence-corrected chi connectivity index (χ1v) is 7.17. The van der Waals surface area contributed by atoms with E-state index in [2.05, 4.69) is 10.5 Å². The maximum Gasteiger partial charge on any atom is 0.173 e. The molecule has 116 valence electrons. The van der Waals surface area contributed by atoms with Crippen LogP contribution in [0.2, 0.25) is 0 Å². The Morgan fingerprint density at radius 1 is 1.48 bits per heavy atom. The predicted octanol–water partition coefficient (Wildman–Crippen LogP) is 1.45. The Kier molecular flexibility index (Phi) is 5.41. The number of nitrogens with zero attached hydrogens (tertiary/aromatic N) is 1. The molecule has 1 aliphatic carbocycles. The van der Waals surface area contributed by atoms with E-state index in [4.69, 9.17) is 20.4 Å². The van der Waals surface area contributed by atoms with E-state index in [1.54, 1.807) is 13.2 Å². The molecule has 2 rings (SSSR count). The SMILES string of the molecule is CCOC1CC(NCc2ccc(/C(N)=N/O)c(OC)c2)C1. The number of ether oxygens (including phenoxy) is 2. The molecule has 6 heteroatoms. The quantitative estimate of drug-likeness (QED) is 0.306. The molecule has 1 aliphatic rings. The standard InChI is InChI=1S/C15H23N3O3/c1-3-21-12-7-11(8-12)17-9-10-4-5-13(15(16)18-19)14(6-10)20-2/h4-6,11-12,17,19H,3,7-9H2,1-2H3,(H2,16,18). The molecule has 21 heavy (non-hydrogen) atoms. The van der Waals surface area contributed by atoms with Crippen LogP contribution in [-0.4, -0.2) is 36.9 Å². The first-order valence-electron chi connectivity index (χ1n) is 7.17. The highest BCUT2D eigenvalue weighted by atomic mass is 16.5. The van der Waals surface area contributed by atoms with Crippen molar-refractivity contribution in [3.8, 4) is 5.75 Å². The summed E-state index contributed by atoms with van der Waals surface area (Å²) in [7, 11) is 1.57. The van der Waals surface area contributed by atoms with Gasteiger partial charge in [-0.05, 0) is 37.5 Å². The number of nitrogens with two attached hydrogens (primary N) is 1. The fourth-order valence-electron chi connectivity index (χ4n) is 2.48. The lowest BCUT2D eigenvalue weighted by atomic mass is 9.89. The summed E-state index contributed by atoms with van der Waals surface area (Å²) in [5.41, 5.74) is 7.29. The summed E-state index contributed by atoms with van der Waals surface area (Å²) in [6.45, 7) is 3.57. The van der Waals surface area contributed by atoms with Gasteiger partial charge < -0.3 is 25.7 Å². The Labute approximate surface area is 124 Å². The smallest absolute Gasteiger partial charge is 0.173 e. The molecule has 1 aromatic carbocycles. The second-order valence-corrected chi connectivity index (χ2v) is 5.15. The third-order valence-electron chi connectivity index (χ3n) is 3.74. The first kappa shape index (κ1) is 15.6. The van der Waals surface area contributed by atoms with Crippen LogP contribution in [0.5, 0.6) is 5.75 Å². The fourth-order valence-corrected chi connectivity index (χ4v) is 2.48. The average molecular weight is 293 g/mol. The summed E-state index contributed by atoms with van der Waals surface area (Å²) in [4.78, 5) is 0. The van der Waals surface area contributed by atoms with E-state index >= 15 is 0 Å². The maximum absolute atomic E-state index is 8.74. The molecule has 0 aromatic heterocycles. The van der Waals surface area contributed by atoms with E-state index < -0.39 is 0 Å². The molecule has 6 nitrogen and oxygen atoms in total. The molecule has 0 radical (unpaired) electrons. The fraction of sp³-hybridized carbons (Fsp3) is 0.533. The van der Waals surface area contributed by atoms with Crippen LogP contribution in [0.1, 0.15) is 30.9 Å². The van der Waals surface area contributed by atoms with Crippen LogP contribution in [0.3, 0.4) is 0 Å². The number of methoxy groups -OCH3 is 1. The van der Waals surface area contributed by atoms with Crippen LogP contribution < -0.4 is 15.8 Å². The van der Waals surface area contributed by atoms with Crippen molar-refractivity contribution in [3.63, 3.8) is 0 Å². The molecular formula is C15H23N3O3. The highest BCUT2D eigenvalue weighted by Gasteiger charge is 2.28. The van der Waals surface area contributed by atoms with Crippen LogP contribution in [-0.2, 0) is 11.3 Å². The van der Waals surface area contributed by atoms with E-state index in [1.165, 1.54) is 0 Å². The minimum Gasteiger partial charge on any atom is -0.496 e. The van der Waals surface area contributed by atoms with Crippen LogP contribution in [0.4, 0.5) is 0 Å². The molecule has 0 saturated heterocycles. The zero-order chi connectivity index (χ0) is 15.2. The second kappa shape index (κ2) is 7.28. The minimum atomic E-state index is 0.0462. The van der Waals surface area contributed by atoms with Gasteiger partial charge in [-0.1, -0.05) is 11.2 Å². The number of hydrogen-bond acceptors (Lipinski definition) is 5. The normalized spacial score (nSPS) is 21.9. The van der Waals surface area contributed by atoms with Crippen LogP contribution >= 0.6 is 0 Å². The molecule has 1 aromatic rings. The van der Waals surface area contributed by atoms with Crippen molar-refractivity contribution in [1.29, 1.82) is 0 Å². The summed E-state index contributed by atoms with van der Waals surface area (Å²) in [5, 5.41) is 15.2. The second-order valence-electron chi connectivity index (χ2n) is 5.15. The lowest BCUT2D eigenvalue weighted by Crippen LogP contribution is -2.45. The number of nitrogens with one attached hydrogen (secondary N) is 1. The number of benzene rings is 1. The van der Waals surface area contributed by atoms with E-state index in [1.807, 2.05) is 19.1 Å². The van der Waals surface area contributed by atoms with Crippen molar-refractivity contribution >= 4 is 5.84 Å². The summed E-state index contributed by atoms with van der Waals surface area (Å²) < 4.78 is 10.8. The Morgan fingerprint density at radius 3 is 2.86 bits per heavy atom. The molecule has 0 aliphatic heterocycles. The largest absolute Gasteiger partial charge is 0.496 e. The van der Waals surface area contributed by atoms with Gasteiger partial charge in [-0.3, -0.25) is 0 Å².